The van der Waals surface area contributed by atoms with Gasteiger partial charge in [-0.25, -0.2) is 0 Å². The molecule has 0 aliphatic heterocycles. The number of aryl methyl sites for hydroxylation is 5. The van der Waals surface area contributed by atoms with Crippen molar-refractivity contribution in [2.24, 2.45) is 0 Å². The highest BCUT2D eigenvalue weighted by molar-refractivity contribution is 6.30. The van der Waals surface area contributed by atoms with Crippen LogP contribution in [0.4, 0.5) is 34.1 Å². The van der Waals surface area contributed by atoms with E-state index >= 15 is 0 Å². The molecule has 0 bridgehead atoms. The maximum absolute atomic E-state index is 6.20. The van der Waals surface area contributed by atoms with Crippen LogP contribution < -0.4 is 9.80 Å². The first kappa shape index (κ1) is 58.8. The summed E-state index contributed by atoms with van der Waals surface area (Å²) in [6.07, 6.45) is 4.50. The molecule has 0 amide bonds. The Kier molecular flexibility index (Phi) is 17.4. The molecule has 2 nitrogen and oxygen atoms in total. The second-order valence-electron chi connectivity index (χ2n) is 23.8. The molecule has 0 saturated carbocycles. The summed E-state index contributed by atoms with van der Waals surface area (Å²) in [5, 5.41) is 0.741. The first-order chi connectivity index (χ1) is 44.1. The van der Waals surface area contributed by atoms with Gasteiger partial charge in [-0.3, -0.25) is 0 Å². The van der Waals surface area contributed by atoms with E-state index in [0.717, 1.165) is 76.0 Å². The summed E-state index contributed by atoms with van der Waals surface area (Å²) in [4.78, 5) is 4.76. The normalized spacial score (nSPS) is 11.2. The van der Waals surface area contributed by atoms with Crippen molar-refractivity contribution >= 4 is 45.7 Å². The molecule has 0 atom stereocenters. The standard InChI is InChI=1S/C87H73ClN2/c1-6-11-63-15-19-66(20-16-63)73-39-45-79(46-40-73)89(80-47-41-74(42-48-80)67-21-17-64(12-7-2)18-22-67)82-51-54-85(60(3)57-82)75-29-23-68(24-30-75)69-25-31-76(32-26-69)86-55-52-83(58-61(86)4)90(81-49-37-72(38-50-81)65-13-9-8-10-14-65)84-53-56-87(62(5)59-84)77-33-27-70(28-34-77)71-35-43-78(88)44-36-71/h8-10,13-59H,6-7,11-12H2,1-5H3. The largest absolute Gasteiger partial charge is 0.310 e. The topological polar surface area (TPSA) is 6.48 Å². The van der Waals surface area contributed by atoms with Crippen molar-refractivity contribution in [3.63, 3.8) is 0 Å². The van der Waals surface area contributed by atoms with Gasteiger partial charge >= 0.3 is 0 Å². The van der Waals surface area contributed by atoms with E-state index in [1.807, 2.05) is 12.1 Å². The van der Waals surface area contributed by atoms with Gasteiger partial charge < -0.3 is 9.80 Å². The van der Waals surface area contributed by atoms with Gasteiger partial charge in [-0.2, -0.15) is 0 Å². The minimum atomic E-state index is 0.741. The Bertz CT molecular complexity index is 4460. The molecule has 0 aliphatic rings. The van der Waals surface area contributed by atoms with Gasteiger partial charge in [0.1, 0.15) is 0 Å². The monoisotopic (exact) mass is 1180 g/mol. The van der Waals surface area contributed by atoms with E-state index in [1.54, 1.807) is 0 Å². The van der Waals surface area contributed by atoms with Gasteiger partial charge in [0.2, 0.25) is 0 Å². The lowest BCUT2D eigenvalue weighted by atomic mass is 9.94. The fraction of sp³-hybridized carbons (Fsp3) is 0.103. The van der Waals surface area contributed by atoms with Crippen LogP contribution in [0, 0.1) is 20.8 Å². The van der Waals surface area contributed by atoms with Crippen LogP contribution in [-0.4, -0.2) is 0 Å². The Hall–Kier alpha value is -10.3. The van der Waals surface area contributed by atoms with E-state index in [9.17, 15) is 0 Å². The zero-order chi connectivity index (χ0) is 61.5. The Balaban J connectivity index is 0.743. The first-order valence-corrected chi connectivity index (χ1v) is 32.0. The van der Waals surface area contributed by atoms with Gasteiger partial charge in [-0.1, -0.05) is 257 Å². The zero-order valence-corrected chi connectivity index (χ0v) is 52.7. The van der Waals surface area contributed by atoms with E-state index in [2.05, 4.69) is 336 Å². The highest BCUT2D eigenvalue weighted by Crippen LogP contribution is 2.43. The van der Waals surface area contributed by atoms with Crippen molar-refractivity contribution in [2.75, 3.05) is 9.80 Å². The molecule has 3 heteroatoms. The summed E-state index contributed by atoms with van der Waals surface area (Å²) in [5.74, 6) is 0. The number of anilines is 6. The van der Waals surface area contributed by atoms with Gasteiger partial charge in [0.15, 0.2) is 0 Å². The maximum Gasteiger partial charge on any atom is 0.0464 e. The quantitative estimate of drug-likeness (QED) is 0.0845. The van der Waals surface area contributed by atoms with Crippen molar-refractivity contribution in [3.05, 3.63) is 336 Å². The molecule has 0 spiro atoms. The average Bonchev–Trinajstić information content (AvgIpc) is 1.18. The zero-order valence-electron chi connectivity index (χ0n) is 52.0. The van der Waals surface area contributed by atoms with Gasteiger partial charge in [0.25, 0.3) is 0 Å². The van der Waals surface area contributed by atoms with Crippen LogP contribution in [0.3, 0.4) is 0 Å². The summed E-state index contributed by atoms with van der Waals surface area (Å²) in [6, 6.07) is 111. The number of hydrogen-bond acceptors (Lipinski definition) is 2. The summed E-state index contributed by atoms with van der Waals surface area (Å²) >= 11 is 6.20. The molecule has 0 fully saturated rings. The molecule has 13 rings (SSSR count). The maximum atomic E-state index is 6.20. The lowest BCUT2D eigenvalue weighted by Gasteiger charge is -2.27. The molecular weight excluding hydrogens is 1110 g/mol. The summed E-state index contributed by atoms with van der Waals surface area (Å²) in [6.45, 7) is 11.1. The second-order valence-corrected chi connectivity index (χ2v) is 24.2. The predicted molar refractivity (Wildman–Crippen MR) is 387 cm³/mol. The van der Waals surface area contributed by atoms with Gasteiger partial charge in [-0.15, -0.1) is 0 Å². The van der Waals surface area contributed by atoms with E-state index in [1.165, 1.54) is 106 Å². The molecule has 13 aromatic rings. The van der Waals surface area contributed by atoms with Crippen LogP contribution in [-0.2, 0) is 12.8 Å². The molecule has 13 aromatic carbocycles. The average molecular weight is 1180 g/mol. The van der Waals surface area contributed by atoms with Crippen molar-refractivity contribution < 1.29 is 0 Å². The Labute approximate surface area is 537 Å². The van der Waals surface area contributed by atoms with E-state index in [4.69, 9.17) is 11.6 Å². The van der Waals surface area contributed by atoms with Crippen LogP contribution in [0.25, 0.3) is 89.0 Å². The summed E-state index contributed by atoms with van der Waals surface area (Å²) in [5.41, 5.74) is 32.2. The predicted octanol–water partition coefficient (Wildman–Crippen LogP) is 25.4. The van der Waals surface area contributed by atoms with Crippen LogP contribution >= 0.6 is 11.6 Å². The lowest BCUT2D eigenvalue weighted by molar-refractivity contribution is 0.922. The number of rotatable bonds is 18. The van der Waals surface area contributed by atoms with E-state index < -0.39 is 0 Å². The van der Waals surface area contributed by atoms with Crippen molar-refractivity contribution in [2.45, 2.75) is 60.3 Å². The molecule has 0 N–H and O–H groups in total. The molecule has 0 aromatic heterocycles. The van der Waals surface area contributed by atoms with Gasteiger partial charge in [0, 0.05) is 39.1 Å². The highest BCUT2D eigenvalue weighted by atomic mass is 35.5. The number of benzene rings is 13. The smallest absolute Gasteiger partial charge is 0.0464 e. The van der Waals surface area contributed by atoms with Crippen LogP contribution in [0.5, 0.6) is 0 Å². The number of hydrogen-bond donors (Lipinski definition) is 0. The van der Waals surface area contributed by atoms with Gasteiger partial charge in [0.05, 0.1) is 0 Å². The fourth-order valence-corrected chi connectivity index (χ4v) is 12.9. The molecule has 0 saturated heterocycles. The first-order valence-electron chi connectivity index (χ1n) is 31.7. The summed E-state index contributed by atoms with van der Waals surface area (Å²) < 4.78 is 0. The molecule has 0 radical (unpaired) electrons. The molecular formula is C87H73ClN2. The molecule has 0 unspecified atom stereocenters. The minimum absolute atomic E-state index is 0.741. The Morgan fingerprint density at radius 3 is 0.733 bits per heavy atom. The van der Waals surface area contributed by atoms with Crippen LogP contribution in [0.1, 0.15) is 54.5 Å². The lowest BCUT2D eigenvalue weighted by Crippen LogP contribution is -2.10. The minimum Gasteiger partial charge on any atom is -0.310 e. The van der Waals surface area contributed by atoms with E-state index in [-0.39, 0.29) is 0 Å². The van der Waals surface area contributed by atoms with E-state index in [0.29, 0.717) is 0 Å². The molecule has 0 aliphatic carbocycles. The third-order valence-electron chi connectivity index (χ3n) is 17.6. The SMILES string of the molecule is CCCc1ccc(-c2ccc(N(c3ccc(-c4ccc(CCC)cc4)cc3)c3ccc(-c4ccc(-c5ccc(-c6ccc(N(c7ccc(-c8ccccc8)cc7)c7ccc(-c8ccc(-c9ccc(Cl)cc9)cc8)c(C)c7)cc6C)cc5)cc4)c(C)c3)cc2)cc1. The molecule has 0 heterocycles. The van der Waals surface area contributed by atoms with Gasteiger partial charge in [-0.05, 0) is 235 Å². The Morgan fingerprint density at radius 1 is 0.233 bits per heavy atom. The molecule has 438 valence electrons. The third kappa shape index (κ3) is 12.9. The molecule has 90 heavy (non-hydrogen) atoms. The second kappa shape index (κ2) is 26.6. The highest BCUT2D eigenvalue weighted by Gasteiger charge is 2.19. The van der Waals surface area contributed by atoms with Crippen molar-refractivity contribution in [1.82, 2.24) is 0 Å². The summed E-state index contributed by atoms with van der Waals surface area (Å²) in [7, 11) is 0. The fourth-order valence-electron chi connectivity index (χ4n) is 12.7. The number of halogens is 1. The van der Waals surface area contributed by atoms with Crippen molar-refractivity contribution in [1.29, 1.82) is 0 Å². The third-order valence-corrected chi connectivity index (χ3v) is 17.9. The Morgan fingerprint density at radius 2 is 0.456 bits per heavy atom. The van der Waals surface area contributed by atoms with Crippen LogP contribution in [0.15, 0.2) is 303 Å². The van der Waals surface area contributed by atoms with Crippen molar-refractivity contribution in [3.8, 4) is 89.0 Å². The van der Waals surface area contributed by atoms with Crippen LogP contribution in [0.2, 0.25) is 5.02 Å². The number of nitrogens with zero attached hydrogens (tertiary/aromatic N) is 2.